The molecular formula is C14H12F3NO2. The molecule has 1 heterocycles. The maximum Gasteiger partial charge on any atom is 0.409 e. The average molecular weight is 283 g/mol. The molecule has 0 fully saturated rings. The number of hydrogen-bond acceptors (Lipinski definition) is 2. The molecule has 0 radical (unpaired) electrons. The summed E-state index contributed by atoms with van der Waals surface area (Å²) in [4.78, 5) is 14.5. The van der Waals surface area contributed by atoms with Gasteiger partial charge in [-0.2, -0.15) is 13.2 Å². The molecule has 6 heteroatoms. The molecule has 1 aromatic heterocycles. The predicted molar refractivity (Wildman–Crippen MR) is 69.3 cm³/mol. The van der Waals surface area contributed by atoms with Crippen molar-refractivity contribution >= 4 is 22.9 Å². The van der Waals surface area contributed by atoms with Crippen LogP contribution in [0.4, 0.5) is 13.2 Å². The van der Waals surface area contributed by atoms with E-state index in [1.165, 1.54) is 0 Å². The van der Waals surface area contributed by atoms with Gasteiger partial charge < -0.3 is 9.72 Å². The highest BCUT2D eigenvalue weighted by molar-refractivity contribution is 6.03. The fourth-order valence-corrected chi connectivity index (χ4v) is 1.83. The largest absolute Gasteiger partial charge is 0.462 e. The first-order chi connectivity index (χ1) is 9.40. The summed E-state index contributed by atoms with van der Waals surface area (Å²) in [6.07, 6.45) is -3.31. The molecule has 2 rings (SSSR count). The van der Waals surface area contributed by atoms with Gasteiger partial charge in [0.1, 0.15) is 0 Å². The normalized spacial score (nSPS) is 12.2. The molecule has 0 aliphatic rings. The van der Waals surface area contributed by atoms with E-state index in [1.807, 2.05) is 0 Å². The number of rotatable bonds is 3. The summed E-state index contributed by atoms with van der Waals surface area (Å²) in [5.74, 6) is -0.508. The van der Waals surface area contributed by atoms with Crippen molar-refractivity contribution in [2.75, 3.05) is 6.61 Å². The fraction of sp³-hybridized carbons (Fsp3) is 0.214. The Morgan fingerprint density at radius 3 is 2.80 bits per heavy atom. The second-order valence-corrected chi connectivity index (χ2v) is 4.09. The number of carbonyl (C=O) groups is 1. The van der Waals surface area contributed by atoms with Crippen molar-refractivity contribution in [3.8, 4) is 0 Å². The zero-order chi connectivity index (χ0) is 14.8. The summed E-state index contributed by atoms with van der Waals surface area (Å²) >= 11 is 0. The summed E-state index contributed by atoms with van der Waals surface area (Å²) in [7, 11) is 0. The molecule has 0 saturated heterocycles. The van der Waals surface area contributed by atoms with Gasteiger partial charge in [-0.15, -0.1) is 0 Å². The topological polar surface area (TPSA) is 42.1 Å². The Morgan fingerprint density at radius 2 is 2.15 bits per heavy atom. The Labute approximate surface area is 113 Å². The number of halogens is 3. The number of aromatic amines is 1. The predicted octanol–water partition coefficient (Wildman–Crippen LogP) is 3.92. The van der Waals surface area contributed by atoms with Crippen molar-refractivity contribution in [1.29, 1.82) is 0 Å². The number of benzene rings is 1. The van der Waals surface area contributed by atoms with Crippen molar-refractivity contribution in [2.24, 2.45) is 0 Å². The van der Waals surface area contributed by atoms with E-state index in [0.29, 0.717) is 16.5 Å². The van der Waals surface area contributed by atoms with Gasteiger partial charge >= 0.3 is 12.1 Å². The third kappa shape index (κ3) is 3.20. The number of aromatic nitrogens is 1. The first-order valence-corrected chi connectivity index (χ1v) is 5.95. The smallest absolute Gasteiger partial charge is 0.409 e. The second-order valence-electron chi connectivity index (χ2n) is 4.09. The lowest BCUT2D eigenvalue weighted by Crippen LogP contribution is -2.05. The first-order valence-electron chi connectivity index (χ1n) is 5.95. The maximum atomic E-state index is 12.1. The zero-order valence-electron chi connectivity index (χ0n) is 10.6. The van der Waals surface area contributed by atoms with E-state index in [4.69, 9.17) is 4.74 Å². The number of allylic oxidation sites excluding steroid dienone is 1. The third-order valence-electron chi connectivity index (χ3n) is 2.62. The summed E-state index contributed by atoms with van der Waals surface area (Å²) in [6.45, 7) is 1.92. The van der Waals surface area contributed by atoms with Crippen LogP contribution in [0.5, 0.6) is 0 Å². The number of nitrogens with one attached hydrogen (secondary N) is 1. The molecule has 2 aromatic rings. The van der Waals surface area contributed by atoms with E-state index in [9.17, 15) is 18.0 Å². The monoisotopic (exact) mass is 283 g/mol. The standard InChI is InChI=1S/C14H12F3NO2/c1-2-20-13(19)11-5-3-4-9-8-10(18-12(9)11)6-7-14(15,16)17/h3-8,18H,2H2,1H3/b7-6+. The average Bonchev–Trinajstić information content (AvgIpc) is 2.78. The molecule has 0 unspecified atom stereocenters. The molecule has 0 saturated carbocycles. The van der Waals surface area contributed by atoms with Crippen LogP contribution >= 0.6 is 0 Å². The number of H-pyrrole nitrogens is 1. The maximum absolute atomic E-state index is 12.1. The Bertz CT molecular complexity index is 656. The van der Waals surface area contributed by atoms with E-state index >= 15 is 0 Å². The van der Waals surface area contributed by atoms with Crippen LogP contribution in [0.25, 0.3) is 17.0 Å². The molecule has 0 aliphatic heterocycles. The van der Waals surface area contributed by atoms with Crippen LogP contribution in [-0.2, 0) is 4.74 Å². The van der Waals surface area contributed by atoms with Crippen LogP contribution in [0, 0.1) is 0 Å². The van der Waals surface area contributed by atoms with Gasteiger partial charge in [0.2, 0.25) is 0 Å². The number of fused-ring (bicyclic) bond motifs is 1. The lowest BCUT2D eigenvalue weighted by Gasteiger charge is -2.02. The van der Waals surface area contributed by atoms with Crippen LogP contribution in [0.1, 0.15) is 23.0 Å². The van der Waals surface area contributed by atoms with Crippen molar-refractivity contribution in [1.82, 2.24) is 4.98 Å². The third-order valence-corrected chi connectivity index (χ3v) is 2.62. The van der Waals surface area contributed by atoms with Crippen LogP contribution in [0.15, 0.2) is 30.3 Å². The Morgan fingerprint density at radius 1 is 1.40 bits per heavy atom. The SMILES string of the molecule is CCOC(=O)c1cccc2cc(/C=C/C(F)(F)F)[nH]c12. The van der Waals surface area contributed by atoms with Gasteiger partial charge in [0.15, 0.2) is 0 Å². The van der Waals surface area contributed by atoms with E-state index in [2.05, 4.69) is 4.98 Å². The molecule has 1 aromatic carbocycles. The molecule has 20 heavy (non-hydrogen) atoms. The summed E-state index contributed by atoms with van der Waals surface area (Å²) in [5.41, 5.74) is 1.04. The number of hydrogen-bond donors (Lipinski definition) is 1. The second kappa shape index (κ2) is 5.40. The number of alkyl halides is 3. The summed E-state index contributed by atoms with van der Waals surface area (Å²) in [5, 5.41) is 0.650. The summed E-state index contributed by atoms with van der Waals surface area (Å²) < 4.78 is 41.3. The van der Waals surface area contributed by atoms with Crippen molar-refractivity contribution in [3.05, 3.63) is 41.6 Å². The van der Waals surface area contributed by atoms with Gasteiger partial charge in [-0.3, -0.25) is 0 Å². The van der Waals surface area contributed by atoms with Crippen molar-refractivity contribution in [2.45, 2.75) is 13.1 Å². The number of para-hydroxylation sites is 1. The van der Waals surface area contributed by atoms with E-state index in [1.54, 1.807) is 31.2 Å². The molecule has 0 bridgehead atoms. The zero-order valence-corrected chi connectivity index (χ0v) is 10.6. The van der Waals surface area contributed by atoms with E-state index in [-0.39, 0.29) is 18.4 Å². The number of ether oxygens (including phenoxy) is 1. The molecule has 0 atom stereocenters. The molecule has 0 amide bonds. The Kier molecular flexibility index (Phi) is 3.83. The molecular weight excluding hydrogens is 271 g/mol. The quantitative estimate of drug-likeness (QED) is 0.867. The van der Waals surface area contributed by atoms with Crippen LogP contribution in [-0.4, -0.2) is 23.7 Å². The van der Waals surface area contributed by atoms with Gasteiger partial charge in [0.05, 0.1) is 17.7 Å². The molecule has 1 N–H and O–H groups in total. The lowest BCUT2D eigenvalue weighted by atomic mass is 10.1. The Hall–Kier alpha value is -2.24. The van der Waals surface area contributed by atoms with Crippen LogP contribution in [0.3, 0.4) is 0 Å². The molecule has 3 nitrogen and oxygen atoms in total. The highest BCUT2D eigenvalue weighted by Gasteiger charge is 2.22. The van der Waals surface area contributed by atoms with E-state index < -0.39 is 12.1 Å². The highest BCUT2D eigenvalue weighted by atomic mass is 19.4. The summed E-state index contributed by atoms with van der Waals surface area (Å²) in [6, 6.07) is 6.47. The van der Waals surface area contributed by atoms with Crippen LogP contribution in [0.2, 0.25) is 0 Å². The minimum atomic E-state index is -4.37. The number of esters is 1. The van der Waals surface area contributed by atoms with Gasteiger partial charge in [0.25, 0.3) is 0 Å². The first kappa shape index (κ1) is 14.2. The van der Waals surface area contributed by atoms with Gasteiger partial charge in [0, 0.05) is 17.2 Å². The fourth-order valence-electron chi connectivity index (χ4n) is 1.83. The minimum Gasteiger partial charge on any atom is -0.462 e. The van der Waals surface area contributed by atoms with Crippen LogP contribution < -0.4 is 0 Å². The highest BCUT2D eigenvalue weighted by Crippen LogP contribution is 2.23. The van der Waals surface area contributed by atoms with Crippen molar-refractivity contribution in [3.63, 3.8) is 0 Å². The molecule has 106 valence electrons. The lowest BCUT2D eigenvalue weighted by molar-refractivity contribution is -0.0790. The Balaban J connectivity index is 2.41. The van der Waals surface area contributed by atoms with Gasteiger partial charge in [-0.1, -0.05) is 12.1 Å². The van der Waals surface area contributed by atoms with Gasteiger partial charge in [-0.05, 0) is 25.1 Å². The minimum absolute atomic E-state index is 0.141. The molecule has 0 aliphatic carbocycles. The number of carbonyl (C=O) groups excluding carboxylic acids is 1. The van der Waals surface area contributed by atoms with E-state index in [0.717, 1.165) is 6.08 Å². The molecule has 0 spiro atoms. The van der Waals surface area contributed by atoms with Crippen molar-refractivity contribution < 1.29 is 22.7 Å². The van der Waals surface area contributed by atoms with Gasteiger partial charge in [-0.25, -0.2) is 4.79 Å².